The molecule has 8 heteroatoms. The molecule has 1 aliphatic heterocycles. The van der Waals surface area contributed by atoms with Gasteiger partial charge in [0.15, 0.2) is 11.5 Å². The monoisotopic (exact) mass is 454 g/mol. The third kappa shape index (κ3) is 6.25. The smallest absolute Gasteiger partial charge is 0.337 e. The van der Waals surface area contributed by atoms with Crippen LogP contribution in [0.15, 0.2) is 42.5 Å². The van der Waals surface area contributed by atoms with E-state index >= 15 is 0 Å². The average molecular weight is 455 g/mol. The van der Waals surface area contributed by atoms with Gasteiger partial charge in [0, 0.05) is 24.9 Å². The van der Waals surface area contributed by atoms with E-state index in [0.717, 1.165) is 11.1 Å². The van der Waals surface area contributed by atoms with Gasteiger partial charge in [-0.1, -0.05) is 18.2 Å². The van der Waals surface area contributed by atoms with E-state index in [0.29, 0.717) is 49.3 Å². The zero-order valence-electron chi connectivity index (χ0n) is 19.2. The van der Waals surface area contributed by atoms with E-state index in [4.69, 9.17) is 9.47 Å². The van der Waals surface area contributed by atoms with Crippen molar-refractivity contribution in [3.63, 3.8) is 0 Å². The number of methoxy groups -OCH3 is 3. The minimum atomic E-state index is -0.476. The Hall–Kier alpha value is -3.55. The maximum absolute atomic E-state index is 12.5. The number of carbonyl (C=O) groups excluding carboxylic acids is 3. The molecule has 2 aromatic carbocycles. The lowest BCUT2D eigenvalue weighted by molar-refractivity contribution is -0.122. The van der Waals surface area contributed by atoms with Crippen LogP contribution in [-0.4, -0.2) is 44.7 Å². The first-order valence-electron chi connectivity index (χ1n) is 10.8. The van der Waals surface area contributed by atoms with Gasteiger partial charge < -0.3 is 24.8 Å². The molecule has 0 radical (unpaired) electrons. The van der Waals surface area contributed by atoms with Crippen LogP contribution in [0.25, 0.3) is 0 Å². The van der Waals surface area contributed by atoms with Gasteiger partial charge in [0.05, 0.1) is 26.9 Å². The zero-order chi connectivity index (χ0) is 23.8. The molecule has 8 nitrogen and oxygen atoms in total. The fourth-order valence-corrected chi connectivity index (χ4v) is 4.08. The van der Waals surface area contributed by atoms with Crippen LogP contribution in [0, 0.1) is 0 Å². The molecule has 33 heavy (non-hydrogen) atoms. The quantitative estimate of drug-likeness (QED) is 0.535. The maximum atomic E-state index is 12.5. The third-order valence-corrected chi connectivity index (χ3v) is 5.92. The van der Waals surface area contributed by atoms with E-state index in [1.165, 1.54) is 7.11 Å². The highest BCUT2D eigenvalue weighted by Crippen LogP contribution is 2.33. The van der Waals surface area contributed by atoms with Gasteiger partial charge in [-0.25, -0.2) is 4.79 Å². The van der Waals surface area contributed by atoms with E-state index in [1.54, 1.807) is 38.5 Å². The number of esters is 1. The number of hydrogen-bond donors (Lipinski definition) is 2. The number of rotatable bonds is 10. The Morgan fingerprint density at radius 3 is 2.30 bits per heavy atom. The molecule has 1 atom stereocenters. The summed E-state index contributed by atoms with van der Waals surface area (Å²) in [4.78, 5) is 36.1. The van der Waals surface area contributed by atoms with Crippen molar-refractivity contribution in [3.8, 4) is 11.5 Å². The molecule has 2 amide bonds. The second-order valence-corrected chi connectivity index (χ2v) is 8.16. The lowest BCUT2D eigenvalue weighted by Gasteiger charge is -2.29. The van der Waals surface area contributed by atoms with Crippen LogP contribution in [-0.2, 0) is 27.3 Å². The highest BCUT2D eigenvalue weighted by Gasteiger charge is 2.38. The summed E-state index contributed by atoms with van der Waals surface area (Å²) in [5, 5.41) is 6.01. The Labute approximate surface area is 193 Å². The van der Waals surface area contributed by atoms with Crippen LogP contribution in [0.1, 0.15) is 47.2 Å². The van der Waals surface area contributed by atoms with Crippen LogP contribution in [0.3, 0.4) is 0 Å². The fourth-order valence-electron chi connectivity index (χ4n) is 4.08. The summed E-state index contributed by atoms with van der Waals surface area (Å²) in [7, 11) is 4.51. The van der Waals surface area contributed by atoms with Crippen LogP contribution in [0.4, 0.5) is 0 Å². The number of carbonyl (C=O) groups is 3. The molecule has 0 saturated carbocycles. The van der Waals surface area contributed by atoms with Gasteiger partial charge in [-0.2, -0.15) is 0 Å². The summed E-state index contributed by atoms with van der Waals surface area (Å²) >= 11 is 0. The standard InChI is InChI=1S/C25H30N2O6/c1-31-20-9-6-18(14-21(20)32-2)15-25(13-11-23(29)27-25)12-10-22(28)26-16-17-4-7-19(8-5-17)24(30)33-3/h4-9,14H,10-13,15-16H2,1-3H3,(H,26,28)(H,27,29)/t25-/m1/s1. The van der Waals surface area contributed by atoms with Gasteiger partial charge in [-0.3, -0.25) is 9.59 Å². The SMILES string of the molecule is COC(=O)c1ccc(CNC(=O)CC[C@]2(Cc3ccc(OC)c(OC)c3)CCC(=O)N2)cc1. The molecule has 1 fully saturated rings. The van der Waals surface area contributed by atoms with E-state index < -0.39 is 11.5 Å². The van der Waals surface area contributed by atoms with E-state index in [9.17, 15) is 14.4 Å². The number of ether oxygens (including phenoxy) is 3. The minimum absolute atomic E-state index is 0.00146. The van der Waals surface area contributed by atoms with Crippen molar-refractivity contribution < 1.29 is 28.6 Å². The molecule has 0 spiro atoms. The van der Waals surface area contributed by atoms with Crippen molar-refractivity contribution >= 4 is 17.8 Å². The molecule has 3 rings (SSSR count). The van der Waals surface area contributed by atoms with E-state index in [2.05, 4.69) is 15.4 Å². The van der Waals surface area contributed by atoms with Crippen LogP contribution in [0.2, 0.25) is 0 Å². The lowest BCUT2D eigenvalue weighted by atomic mass is 9.85. The summed E-state index contributed by atoms with van der Waals surface area (Å²) in [5.74, 6) is 0.778. The van der Waals surface area contributed by atoms with Crippen molar-refractivity contribution in [3.05, 3.63) is 59.2 Å². The summed E-state index contributed by atoms with van der Waals surface area (Å²) in [6.45, 7) is 0.356. The van der Waals surface area contributed by atoms with Crippen molar-refractivity contribution in [2.45, 2.75) is 44.2 Å². The van der Waals surface area contributed by atoms with Gasteiger partial charge in [0.25, 0.3) is 0 Å². The predicted molar refractivity (Wildman–Crippen MR) is 122 cm³/mol. The second-order valence-electron chi connectivity index (χ2n) is 8.16. The molecule has 0 unspecified atom stereocenters. The molecule has 0 aliphatic carbocycles. The molecule has 0 aromatic heterocycles. The first kappa shape index (κ1) is 24.1. The molecule has 1 heterocycles. The molecular weight excluding hydrogens is 424 g/mol. The molecule has 176 valence electrons. The number of nitrogens with one attached hydrogen (secondary N) is 2. The first-order valence-corrected chi connectivity index (χ1v) is 10.8. The largest absolute Gasteiger partial charge is 0.493 e. The highest BCUT2D eigenvalue weighted by atomic mass is 16.5. The molecule has 0 bridgehead atoms. The van der Waals surface area contributed by atoms with Gasteiger partial charge >= 0.3 is 5.97 Å². The number of amides is 2. The summed E-state index contributed by atoms with van der Waals surface area (Å²) in [6.07, 6.45) is 2.53. The second kappa shape index (κ2) is 10.8. The zero-order valence-corrected chi connectivity index (χ0v) is 19.2. The van der Waals surface area contributed by atoms with Gasteiger partial charge in [-0.05, 0) is 54.7 Å². The first-order chi connectivity index (χ1) is 15.9. The summed E-state index contributed by atoms with van der Waals surface area (Å²) in [6, 6.07) is 12.6. The van der Waals surface area contributed by atoms with Crippen molar-refractivity contribution in [2.24, 2.45) is 0 Å². The Bertz CT molecular complexity index is 1000. The Balaban J connectivity index is 1.59. The predicted octanol–water partition coefficient (Wildman–Crippen LogP) is 2.78. The maximum Gasteiger partial charge on any atom is 0.337 e. The van der Waals surface area contributed by atoms with Gasteiger partial charge in [0.1, 0.15) is 0 Å². The molecule has 2 aromatic rings. The topological polar surface area (TPSA) is 103 Å². The van der Waals surface area contributed by atoms with Gasteiger partial charge in [0.2, 0.25) is 11.8 Å². The Kier molecular flexibility index (Phi) is 7.92. The van der Waals surface area contributed by atoms with Crippen molar-refractivity contribution in [1.82, 2.24) is 10.6 Å². The Morgan fingerprint density at radius 2 is 1.70 bits per heavy atom. The van der Waals surface area contributed by atoms with Crippen molar-refractivity contribution in [1.29, 1.82) is 0 Å². The normalized spacial score (nSPS) is 17.2. The van der Waals surface area contributed by atoms with Crippen LogP contribution < -0.4 is 20.1 Å². The minimum Gasteiger partial charge on any atom is -0.493 e. The van der Waals surface area contributed by atoms with E-state index in [-0.39, 0.29) is 18.2 Å². The summed E-state index contributed by atoms with van der Waals surface area (Å²) in [5.41, 5.74) is 1.86. The average Bonchev–Trinajstić information content (AvgIpc) is 3.21. The number of benzene rings is 2. The fraction of sp³-hybridized carbons (Fsp3) is 0.400. The van der Waals surface area contributed by atoms with Gasteiger partial charge in [-0.15, -0.1) is 0 Å². The van der Waals surface area contributed by atoms with Crippen LogP contribution in [0.5, 0.6) is 11.5 Å². The van der Waals surface area contributed by atoms with E-state index in [1.807, 2.05) is 18.2 Å². The lowest BCUT2D eigenvalue weighted by Crippen LogP contribution is -2.44. The Morgan fingerprint density at radius 1 is 1.00 bits per heavy atom. The molecule has 2 N–H and O–H groups in total. The van der Waals surface area contributed by atoms with Crippen molar-refractivity contribution in [2.75, 3.05) is 21.3 Å². The third-order valence-electron chi connectivity index (χ3n) is 5.92. The highest BCUT2D eigenvalue weighted by molar-refractivity contribution is 5.89. The van der Waals surface area contributed by atoms with Crippen LogP contribution >= 0.6 is 0 Å². The molecule has 1 saturated heterocycles. The summed E-state index contributed by atoms with van der Waals surface area (Å²) < 4.78 is 15.4. The molecular formula is C25H30N2O6. The number of hydrogen-bond acceptors (Lipinski definition) is 6. The molecule has 1 aliphatic rings.